The first-order valence-corrected chi connectivity index (χ1v) is 8.10. The largest absolute Gasteiger partial charge is 0.316 e. The number of hydrogen-bond donors (Lipinski definition) is 1. The van der Waals surface area contributed by atoms with Crippen LogP contribution < -0.4 is 5.32 Å². The number of pyridine rings is 1. The van der Waals surface area contributed by atoms with E-state index in [1.54, 1.807) is 0 Å². The molecule has 0 saturated heterocycles. The molecule has 1 aromatic heterocycles. The Morgan fingerprint density at radius 2 is 1.90 bits per heavy atom. The third-order valence-electron chi connectivity index (χ3n) is 4.58. The highest BCUT2D eigenvalue weighted by atomic mass is 15.1. The smallest absolute Gasteiger partial charge is 0.0271 e. The Hall–Kier alpha value is -0.930. The highest BCUT2D eigenvalue weighted by molar-refractivity contribution is 5.09. The van der Waals surface area contributed by atoms with Crippen molar-refractivity contribution in [3.63, 3.8) is 0 Å². The van der Waals surface area contributed by atoms with Gasteiger partial charge in [-0.05, 0) is 49.0 Å². The van der Waals surface area contributed by atoms with Crippen LogP contribution in [0.15, 0.2) is 24.5 Å². The molecule has 0 bridgehead atoms. The summed E-state index contributed by atoms with van der Waals surface area (Å²) in [6.45, 7) is 10.1. The van der Waals surface area contributed by atoms with Gasteiger partial charge in [0, 0.05) is 32.0 Å². The Labute approximate surface area is 123 Å². The second-order valence-electron chi connectivity index (χ2n) is 6.15. The molecule has 0 spiro atoms. The van der Waals surface area contributed by atoms with Crippen LogP contribution in [0.4, 0.5) is 0 Å². The van der Waals surface area contributed by atoms with Crippen LogP contribution in [0.25, 0.3) is 0 Å². The van der Waals surface area contributed by atoms with Crippen molar-refractivity contribution in [1.29, 1.82) is 0 Å². The van der Waals surface area contributed by atoms with Gasteiger partial charge in [-0.2, -0.15) is 0 Å². The fraction of sp³-hybridized carbons (Fsp3) is 0.706. The van der Waals surface area contributed by atoms with Gasteiger partial charge in [0.2, 0.25) is 0 Å². The molecule has 0 aromatic carbocycles. The quantitative estimate of drug-likeness (QED) is 0.790. The topological polar surface area (TPSA) is 28.2 Å². The van der Waals surface area contributed by atoms with Crippen LogP contribution in [-0.4, -0.2) is 36.1 Å². The first kappa shape index (κ1) is 15.5. The Morgan fingerprint density at radius 1 is 1.20 bits per heavy atom. The maximum absolute atomic E-state index is 4.11. The molecule has 1 aromatic rings. The molecule has 1 heterocycles. The second-order valence-corrected chi connectivity index (χ2v) is 6.15. The molecule has 1 saturated carbocycles. The van der Waals surface area contributed by atoms with Gasteiger partial charge >= 0.3 is 0 Å². The Morgan fingerprint density at radius 3 is 2.50 bits per heavy atom. The minimum absolute atomic E-state index is 0.499. The molecule has 0 aliphatic heterocycles. The minimum Gasteiger partial charge on any atom is -0.316 e. The molecule has 1 fully saturated rings. The lowest BCUT2D eigenvalue weighted by molar-refractivity contribution is 0.148. The minimum atomic E-state index is 0.499. The van der Waals surface area contributed by atoms with E-state index in [1.165, 1.54) is 44.3 Å². The van der Waals surface area contributed by atoms with E-state index in [-0.39, 0.29) is 0 Å². The SMILES string of the molecule is CCNCC1(CN(CC)Cc2ccncc2)CCCC1. The average Bonchev–Trinajstić information content (AvgIpc) is 2.94. The normalized spacial score (nSPS) is 17.8. The lowest BCUT2D eigenvalue weighted by Crippen LogP contribution is -2.42. The number of nitrogens with one attached hydrogen (secondary N) is 1. The first-order chi connectivity index (χ1) is 9.78. The molecule has 0 unspecified atom stereocenters. The summed E-state index contributed by atoms with van der Waals surface area (Å²) in [6.07, 6.45) is 9.36. The number of nitrogens with zero attached hydrogens (tertiary/aromatic N) is 2. The molecule has 0 atom stereocenters. The van der Waals surface area contributed by atoms with E-state index in [0.717, 1.165) is 19.6 Å². The standard InChI is InChI=1S/C17H29N3/c1-3-18-14-17(9-5-6-10-17)15-20(4-2)13-16-7-11-19-12-8-16/h7-8,11-12,18H,3-6,9-10,13-15H2,1-2H3. The van der Waals surface area contributed by atoms with E-state index in [9.17, 15) is 0 Å². The van der Waals surface area contributed by atoms with E-state index in [2.05, 4.69) is 41.2 Å². The van der Waals surface area contributed by atoms with Crippen molar-refractivity contribution >= 4 is 0 Å². The molecule has 3 heteroatoms. The summed E-state index contributed by atoms with van der Waals surface area (Å²) in [4.78, 5) is 6.70. The highest BCUT2D eigenvalue weighted by Gasteiger charge is 2.34. The van der Waals surface area contributed by atoms with Crippen molar-refractivity contribution in [2.24, 2.45) is 5.41 Å². The lowest BCUT2D eigenvalue weighted by atomic mass is 9.85. The molecule has 0 radical (unpaired) electrons. The van der Waals surface area contributed by atoms with E-state index in [0.29, 0.717) is 5.41 Å². The fourth-order valence-corrected chi connectivity index (χ4v) is 3.41. The maximum atomic E-state index is 4.11. The van der Waals surface area contributed by atoms with Crippen LogP contribution in [0.2, 0.25) is 0 Å². The van der Waals surface area contributed by atoms with Crippen LogP contribution in [0.3, 0.4) is 0 Å². The van der Waals surface area contributed by atoms with Crippen molar-refractivity contribution in [2.45, 2.75) is 46.1 Å². The van der Waals surface area contributed by atoms with Crippen LogP contribution in [0, 0.1) is 5.41 Å². The van der Waals surface area contributed by atoms with Crippen LogP contribution in [-0.2, 0) is 6.54 Å². The first-order valence-electron chi connectivity index (χ1n) is 8.10. The molecule has 1 aliphatic rings. The van der Waals surface area contributed by atoms with Crippen LogP contribution in [0.1, 0.15) is 45.1 Å². The molecular formula is C17H29N3. The van der Waals surface area contributed by atoms with Crippen molar-refractivity contribution in [3.05, 3.63) is 30.1 Å². The Balaban J connectivity index is 1.96. The van der Waals surface area contributed by atoms with Crippen molar-refractivity contribution < 1.29 is 0 Å². The van der Waals surface area contributed by atoms with Gasteiger partial charge < -0.3 is 5.32 Å². The van der Waals surface area contributed by atoms with Crippen molar-refractivity contribution in [2.75, 3.05) is 26.2 Å². The summed E-state index contributed by atoms with van der Waals surface area (Å²) >= 11 is 0. The van der Waals surface area contributed by atoms with Crippen LogP contribution >= 0.6 is 0 Å². The molecule has 1 N–H and O–H groups in total. The summed E-state index contributed by atoms with van der Waals surface area (Å²) in [5, 5.41) is 3.59. The Kier molecular flexibility index (Phi) is 5.99. The van der Waals surface area contributed by atoms with Gasteiger partial charge in [0.05, 0.1) is 0 Å². The maximum Gasteiger partial charge on any atom is 0.0271 e. The number of aromatic nitrogens is 1. The predicted molar refractivity (Wildman–Crippen MR) is 84.6 cm³/mol. The third-order valence-corrected chi connectivity index (χ3v) is 4.58. The molecule has 112 valence electrons. The zero-order valence-corrected chi connectivity index (χ0v) is 13.1. The lowest BCUT2D eigenvalue weighted by Gasteiger charge is -2.35. The van der Waals surface area contributed by atoms with E-state index in [1.807, 2.05) is 12.4 Å². The molecule has 20 heavy (non-hydrogen) atoms. The predicted octanol–water partition coefficient (Wildman–Crippen LogP) is 3.07. The summed E-state index contributed by atoms with van der Waals surface area (Å²) in [6, 6.07) is 4.27. The van der Waals surface area contributed by atoms with Gasteiger partial charge in [0.1, 0.15) is 0 Å². The summed E-state index contributed by atoms with van der Waals surface area (Å²) < 4.78 is 0. The second kappa shape index (κ2) is 7.75. The molecule has 3 nitrogen and oxygen atoms in total. The van der Waals surface area contributed by atoms with Gasteiger partial charge in [0.25, 0.3) is 0 Å². The molecule has 2 rings (SSSR count). The van der Waals surface area contributed by atoms with Gasteiger partial charge in [-0.3, -0.25) is 9.88 Å². The average molecular weight is 275 g/mol. The number of hydrogen-bond acceptors (Lipinski definition) is 3. The van der Waals surface area contributed by atoms with E-state index >= 15 is 0 Å². The third kappa shape index (κ3) is 4.29. The summed E-state index contributed by atoms with van der Waals surface area (Å²) in [5.41, 5.74) is 1.87. The molecule has 0 amide bonds. The zero-order valence-electron chi connectivity index (χ0n) is 13.1. The summed E-state index contributed by atoms with van der Waals surface area (Å²) in [5.74, 6) is 0. The van der Waals surface area contributed by atoms with Crippen LogP contribution in [0.5, 0.6) is 0 Å². The van der Waals surface area contributed by atoms with E-state index in [4.69, 9.17) is 0 Å². The van der Waals surface area contributed by atoms with Gasteiger partial charge in [0.15, 0.2) is 0 Å². The Bertz CT molecular complexity index is 371. The monoisotopic (exact) mass is 275 g/mol. The van der Waals surface area contributed by atoms with Crippen molar-refractivity contribution in [3.8, 4) is 0 Å². The van der Waals surface area contributed by atoms with Gasteiger partial charge in [-0.1, -0.05) is 26.7 Å². The zero-order chi connectivity index (χ0) is 14.3. The molecular weight excluding hydrogens is 246 g/mol. The van der Waals surface area contributed by atoms with E-state index < -0.39 is 0 Å². The highest BCUT2D eigenvalue weighted by Crippen LogP contribution is 2.38. The van der Waals surface area contributed by atoms with Gasteiger partial charge in [-0.25, -0.2) is 0 Å². The van der Waals surface area contributed by atoms with Crippen molar-refractivity contribution in [1.82, 2.24) is 15.2 Å². The van der Waals surface area contributed by atoms with Gasteiger partial charge in [-0.15, -0.1) is 0 Å². The molecule has 1 aliphatic carbocycles. The summed E-state index contributed by atoms with van der Waals surface area (Å²) in [7, 11) is 0. The fourth-order valence-electron chi connectivity index (χ4n) is 3.41. The number of rotatable bonds is 8.